The molecule has 2 rings (SSSR count). The largest absolute Gasteiger partial charge is 0.491 e. The summed E-state index contributed by atoms with van der Waals surface area (Å²) in [5, 5.41) is 8.79. The lowest BCUT2D eigenvalue weighted by atomic mass is 10.2. The second-order valence-corrected chi connectivity index (χ2v) is 6.82. The van der Waals surface area contributed by atoms with Crippen LogP contribution < -0.4 is 20.7 Å². The fraction of sp³-hybridized carbons (Fsp3) is 0.364. The smallest absolute Gasteiger partial charge is 0.243 e. The fourth-order valence-electron chi connectivity index (χ4n) is 2.39. The van der Waals surface area contributed by atoms with Gasteiger partial charge in [-0.3, -0.25) is 9.59 Å². The van der Waals surface area contributed by atoms with Gasteiger partial charge in [-0.05, 0) is 36.8 Å². The highest BCUT2D eigenvalue weighted by molar-refractivity contribution is 5.95. The Morgan fingerprint density at radius 3 is 2.50 bits per heavy atom. The SMILES string of the molecule is CCCCOc1ccccc1NC(=O)CNc1cccc(NC(=O)C(C)C)c1. The highest BCUT2D eigenvalue weighted by Crippen LogP contribution is 2.24. The molecule has 6 nitrogen and oxygen atoms in total. The first kappa shape index (κ1) is 21.3. The van der Waals surface area contributed by atoms with Gasteiger partial charge in [-0.1, -0.05) is 45.4 Å². The van der Waals surface area contributed by atoms with E-state index in [-0.39, 0.29) is 24.3 Å². The van der Waals surface area contributed by atoms with E-state index in [4.69, 9.17) is 4.74 Å². The van der Waals surface area contributed by atoms with Crippen molar-refractivity contribution in [2.24, 2.45) is 5.92 Å². The van der Waals surface area contributed by atoms with Gasteiger partial charge < -0.3 is 20.7 Å². The number of anilines is 3. The van der Waals surface area contributed by atoms with Gasteiger partial charge in [0.2, 0.25) is 11.8 Å². The summed E-state index contributed by atoms with van der Waals surface area (Å²) in [6.07, 6.45) is 2.02. The first-order valence-electron chi connectivity index (χ1n) is 9.66. The maximum atomic E-state index is 12.3. The summed E-state index contributed by atoms with van der Waals surface area (Å²) in [6.45, 7) is 6.50. The van der Waals surface area contributed by atoms with Crippen LogP contribution in [0.25, 0.3) is 0 Å². The second kappa shape index (κ2) is 11.0. The molecular weight excluding hydrogens is 354 g/mol. The van der Waals surface area contributed by atoms with E-state index in [9.17, 15) is 9.59 Å². The minimum atomic E-state index is -0.178. The number of unbranched alkanes of at least 4 members (excludes halogenated alkanes) is 1. The van der Waals surface area contributed by atoms with E-state index in [2.05, 4.69) is 22.9 Å². The van der Waals surface area contributed by atoms with Gasteiger partial charge in [-0.25, -0.2) is 0 Å². The van der Waals surface area contributed by atoms with E-state index < -0.39 is 0 Å². The summed E-state index contributed by atoms with van der Waals surface area (Å²) in [5.74, 6) is 0.349. The van der Waals surface area contributed by atoms with E-state index in [1.807, 2.05) is 56.3 Å². The molecule has 0 atom stereocenters. The molecule has 0 saturated carbocycles. The van der Waals surface area contributed by atoms with Crippen molar-refractivity contribution < 1.29 is 14.3 Å². The number of hydrogen-bond donors (Lipinski definition) is 3. The summed E-state index contributed by atoms with van der Waals surface area (Å²) in [5.41, 5.74) is 2.10. The fourth-order valence-corrected chi connectivity index (χ4v) is 2.39. The highest BCUT2D eigenvalue weighted by atomic mass is 16.5. The minimum absolute atomic E-state index is 0.0467. The summed E-state index contributed by atoms with van der Waals surface area (Å²) >= 11 is 0. The van der Waals surface area contributed by atoms with Crippen LogP contribution in [0.2, 0.25) is 0 Å². The monoisotopic (exact) mass is 383 g/mol. The zero-order chi connectivity index (χ0) is 20.4. The molecule has 0 radical (unpaired) electrons. The van der Waals surface area contributed by atoms with Crippen LogP contribution in [0.4, 0.5) is 17.1 Å². The molecule has 150 valence electrons. The average molecular weight is 383 g/mol. The number of amides is 2. The predicted molar refractivity (Wildman–Crippen MR) is 114 cm³/mol. The maximum Gasteiger partial charge on any atom is 0.243 e. The van der Waals surface area contributed by atoms with Gasteiger partial charge in [0.25, 0.3) is 0 Å². The van der Waals surface area contributed by atoms with Crippen LogP contribution in [0.3, 0.4) is 0 Å². The van der Waals surface area contributed by atoms with E-state index in [0.717, 1.165) is 18.5 Å². The van der Waals surface area contributed by atoms with E-state index in [1.54, 1.807) is 6.07 Å². The number of benzene rings is 2. The van der Waals surface area contributed by atoms with Gasteiger partial charge in [0.05, 0.1) is 18.8 Å². The third-order valence-electron chi connectivity index (χ3n) is 4.02. The third kappa shape index (κ3) is 6.95. The van der Waals surface area contributed by atoms with Crippen LogP contribution in [0, 0.1) is 5.92 Å². The Hall–Kier alpha value is -3.02. The van der Waals surface area contributed by atoms with Crippen molar-refractivity contribution >= 4 is 28.9 Å². The Morgan fingerprint density at radius 2 is 1.75 bits per heavy atom. The molecule has 0 saturated heterocycles. The van der Waals surface area contributed by atoms with Crippen LogP contribution >= 0.6 is 0 Å². The van der Waals surface area contributed by atoms with Crippen molar-refractivity contribution in [1.29, 1.82) is 0 Å². The van der Waals surface area contributed by atoms with Crippen LogP contribution in [0.5, 0.6) is 5.75 Å². The van der Waals surface area contributed by atoms with Gasteiger partial charge >= 0.3 is 0 Å². The first-order valence-corrected chi connectivity index (χ1v) is 9.66. The number of para-hydroxylation sites is 2. The Bertz CT molecular complexity index is 790. The van der Waals surface area contributed by atoms with E-state index >= 15 is 0 Å². The topological polar surface area (TPSA) is 79.5 Å². The molecule has 2 aromatic carbocycles. The number of ether oxygens (including phenoxy) is 1. The predicted octanol–water partition coefficient (Wildman–Crippen LogP) is 4.51. The van der Waals surface area contributed by atoms with Crippen LogP contribution in [0.1, 0.15) is 33.6 Å². The molecule has 0 spiro atoms. The van der Waals surface area contributed by atoms with Crippen molar-refractivity contribution in [2.75, 3.05) is 29.1 Å². The molecule has 0 bridgehead atoms. The molecule has 0 fully saturated rings. The Kier molecular flexibility index (Phi) is 8.34. The van der Waals surface area contributed by atoms with Gasteiger partial charge in [-0.2, -0.15) is 0 Å². The Labute approximate surface area is 166 Å². The average Bonchev–Trinajstić information content (AvgIpc) is 2.68. The molecule has 2 aromatic rings. The van der Waals surface area contributed by atoms with Crippen molar-refractivity contribution in [2.45, 2.75) is 33.6 Å². The van der Waals surface area contributed by atoms with E-state index in [1.165, 1.54) is 0 Å². The van der Waals surface area contributed by atoms with Gasteiger partial charge in [0.15, 0.2) is 0 Å². The summed E-state index contributed by atoms with van der Waals surface area (Å²) in [4.78, 5) is 24.1. The van der Waals surface area contributed by atoms with Crippen molar-refractivity contribution in [3.8, 4) is 5.75 Å². The van der Waals surface area contributed by atoms with Gasteiger partial charge in [-0.15, -0.1) is 0 Å². The lowest BCUT2D eigenvalue weighted by Crippen LogP contribution is -2.22. The third-order valence-corrected chi connectivity index (χ3v) is 4.02. The molecule has 2 amide bonds. The Morgan fingerprint density at radius 1 is 1.00 bits per heavy atom. The van der Waals surface area contributed by atoms with Crippen LogP contribution in [-0.2, 0) is 9.59 Å². The molecule has 0 aliphatic rings. The van der Waals surface area contributed by atoms with Crippen LogP contribution in [-0.4, -0.2) is 25.0 Å². The lowest BCUT2D eigenvalue weighted by Gasteiger charge is -2.13. The Balaban J connectivity index is 1.90. The van der Waals surface area contributed by atoms with Gasteiger partial charge in [0, 0.05) is 17.3 Å². The van der Waals surface area contributed by atoms with E-state index in [0.29, 0.717) is 23.7 Å². The summed E-state index contributed by atoms with van der Waals surface area (Å²) in [7, 11) is 0. The highest BCUT2D eigenvalue weighted by Gasteiger charge is 2.09. The second-order valence-electron chi connectivity index (χ2n) is 6.82. The molecule has 3 N–H and O–H groups in total. The zero-order valence-electron chi connectivity index (χ0n) is 16.7. The normalized spacial score (nSPS) is 10.4. The first-order chi connectivity index (χ1) is 13.5. The van der Waals surface area contributed by atoms with Gasteiger partial charge in [0.1, 0.15) is 5.75 Å². The van der Waals surface area contributed by atoms with Crippen LogP contribution in [0.15, 0.2) is 48.5 Å². The number of rotatable bonds is 10. The quantitative estimate of drug-likeness (QED) is 0.527. The standard InChI is InChI=1S/C22H29N3O3/c1-4-5-13-28-20-12-7-6-11-19(20)25-21(26)15-23-17-9-8-10-18(14-17)24-22(27)16(2)3/h6-12,14,16,23H,4-5,13,15H2,1-3H3,(H,24,27)(H,25,26). The van der Waals surface area contributed by atoms with Crippen molar-refractivity contribution in [3.63, 3.8) is 0 Å². The molecule has 0 aliphatic carbocycles. The number of hydrogen-bond acceptors (Lipinski definition) is 4. The van der Waals surface area contributed by atoms with Crippen molar-refractivity contribution in [1.82, 2.24) is 0 Å². The lowest BCUT2D eigenvalue weighted by molar-refractivity contribution is -0.119. The number of carbonyl (C=O) groups excluding carboxylic acids is 2. The molecule has 28 heavy (non-hydrogen) atoms. The zero-order valence-corrected chi connectivity index (χ0v) is 16.7. The molecule has 0 aliphatic heterocycles. The summed E-state index contributed by atoms with van der Waals surface area (Å²) < 4.78 is 5.74. The molecule has 0 unspecified atom stereocenters. The molecule has 0 heterocycles. The molecule has 0 aromatic heterocycles. The molecular formula is C22H29N3O3. The van der Waals surface area contributed by atoms with Crippen molar-refractivity contribution in [3.05, 3.63) is 48.5 Å². The molecule has 6 heteroatoms. The maximum absolute atomic E-state index is 12.3. The minimum Gasteiger partial charge on any atom is -0.491 e. The number of carbonyl (C=O) groups is 2. The summed E-state index contributed by atoms with van der Waals surface area (Å²) in [6, 6.07) is 14.7. The number of nitrogens with one attached hydrogen (secondary N) is 3.